The minimum atomic E-state index is 0.00792. The number of amides is 1. The van der Waals surface area contributed by atoms with Gasteiger partial charge in [0, 0.05) is 18.2 Å². The highest BCUT2D eigenvalue weighted by Gasteiger charge is 2.31. The van der Waals surface area contributed by atoms with Crippen molar-refractivity contribution in [2.45, 2.75) is 32.7 Å². The maximum atomic E-state index is 12.2. The Morgan fingerprint density at radius 2 is 2.18 bits per heavy atom. The molecule has 0 saturated heterocycles. The van der Waals surface area contributed by atoms with E-state index in [1.54, 1.807) is 0 Å². The second kappa shape index (κ2) is 4.88. The first-order valence-corrected chi connectivity index (χ1v) is 6.20. The number of carbonyl (C=O) groups is 1. The molecule has 2 rings (SSSR count). The third-order valence-electron chi connectivity index (χ3n) is 3.61. The van der Waals surface area contributed by atoms with Crippen molar-refractivity contribution >= 4 is 5.91 Å². The van der Waals surface area contributed by atoms with Gasteiger partial charge in [0.05, 0.1) is 0 Å². The average Bonchev–Trinajstić information content (AvgIpc) is 3.13. The van der Waals surface area contributed by atoms with Crippen LogP contribution in [0.3, 0.4) is 0 Å². The highest BCUT2D eigenvalue weighted by molar-refractivity contribution is 5.96. The van der Waals surface area contributed by atoms with E-state index in [0.29, 0.717) is 12.5 Å². The SMILES string of the molecule is Cc1cccc(C(=O)NC(CN)C2CC2)c1C. The fourth-order valence-corrected chi connectivity index (χ4v) is 2.11. The number of nitrogens with one attached hydrogen (secondary N) is 1. The molecule has 0 aliphatic heterocycles. The van der Waals surface area contributed by atoms with Gasteiger partial charge in [-0.3, -0.25) is 4.79 Å². The highest BCUT2D eigenvalue weighted by atomic mass is 16.1. The van der Waals surface area contributed by atoms with Crippen LogP contribution in [0.1, 0.15) is 34.3 Å². The molecule has 0 spiro atoms. The first-order valence-electron chi connectivity index (χ1n) is 6.20. The molecule has 92 valence electrons. The molecule has 17 heavy (non-hydrogen) atoms. The lowest BCUT2D eigenvalue weighted by Crippen LogP contribution is -2.42. The van der Waals surface area contributed by atoms with Gasteiger partial charge in [0.2, 0.25) is 0 Å². The predicted octanol–water partition coefficient (Wildman–Crippen LogP) is 1.77. The van der Waals surface area contributed by atoms with E-state index in [9.17, 15) is 4.79 Å². The van der Waals surface area contributed by atoms with E-state index in [1.807, 2.05) is 32.0 Å². The van der Waals surface area contributed by atoms with Gasteiger partial charge in [-0.25, -0.2) is 0 Å². The molecule has 3 heteroatoms. The molecule has 0 aromatic heterocycles. The molecule has 1 aromatic rings. The number of nitrogens with two attached hydrogens (primary N) is 1. The standard InChI is InChI=1S/C14H20N2O/c1-9-4-3-5-12(10(9)2)14(17)16-13(8-15)11-6-7-11/h3-5,11,13H,6-8,15H2,1-2H3,(H,16,17). The van der Waals surface area contributed by atoms with Crippen molar-refractivity contribution in [3.8, 4) is 0 Å². The van der Waals surface area contributed by atoms with E-state index in [4.69, 9.17) is 5.73 Å². The topological polar surface area (TPSA) is 55.1 Å². The minimum absolute atomic E-state index is 0.00792. The second-order valence-electron chi connectivity index (χ2n) is 4.90. The Labute approximate surface area is 102 Å². The van der Waals surface area contributed by atoms with E-state index in [1.165, 1.54) is 12.8 Å². The molecular weight excluding hydrogens is 212 g/mol. The molecule has 1 atom stereocenters. The zero-order valence-corrected chi connectivity index (χ0v) is 10.5. The number of aryl methyl sites for hydroxylation is 1. The van der Waals surface area contributed by atoms with Gasteiger partial charge < -0.3 is 11.1 Å². The Morgan fingerprint density at radius 3 is 2.76 bits per heavy atom. The predicted molar refractivity (Wildman–Crippen MR) is 68.9 cm³/mol. The molecule has 1 saturated carbocycles. The molecule has 3 nitrogen and oxygen atoms in total. The summed E-state index contributed by atoms with van der Waals surface area (Å²) in [6.07, 6.45) is 2.38. The van der Waals surface area contributed by atoms with Crippen LogP contribution in [0, 0.1) is 19.8 Å². The third-order valence-corrected chi connectivity index (χ3v) is 3.61. The van der Waals surface area contributed by atoms with Crippen molar-refractivity contribution in [3.63, 3.8) is 0 Å². The first-order chi connectivity index (χ1) is 8.13. The summed E-state index contributed by atoms with van der Waals surface area (Å²) in [6.45, 7) is 4.54. The van der Waals surface area contributed by atoms with Crippen LogP contribution < -0.4 is 11.1 Å². The largest absolute Gasteiger partial charge is 0.348 e. The van der Waals surface area contributed by atoms with Gasteiger partial charge in [0.15, 0.2) is 0 Å². The first kappa shape index (κ1) is 12.1. The molecule has 1 fully saturated rings. The Morgan fingerprint density at radius 1 is 1.47 bits per heavy atom. The molecule has 1 aliphatic rings. The number of benzene rings is 1. The van der Waals surface area contributed by atoms with Gasteiger partial charge in [-0.1, -0.05) is 12.1 Å². The maximum Gasteiger partial charge on any atom is 0.251 e. The summed E-state index contributed by atoms with van der Waals surface area (Å²) in [7, 11) is 0. The van der Waals surface area contributed by atoms with Gasteiger partial charge in [0.25, 0.3) is 5.91 Å². The lowest BCUT2D eigenvalue weighted by molar-refractivity contribution is 0.0933. The molecule has 1 aromatic carbocycles. The van der Waals surface area contributed by atoms with E-state index in [-0.39, 0.29) is 11.9 Å². The van der Waals surface area contributed by atoms with Crippen molar-refractivity contribution in [3.05, 3.63) is 34.9 Å². The zero-order chi connectivity index (χ0) is 12.4. The van der Waals surface area contributed by atoms with Crippen molar-refractivity contribution in [1.82, 2.24) is 5.32 Å². The fourth-order valence-electron chi connectivity index (χ4n) is 2.11. The number of hydrogen-bond acceptors (Lipinski definition) is 2. The van der Waals surface area contributed by atoms with Gasteiger partial charge in [-0.2, -0.15) is 0 Å². The minimum Gasteiger partial charge on any atom is -0.348 e. The number of carbonyl (C=O) groups excluding carboxylic acids is 1. The normalized spacial score (nSPS) is 16.6. The van der Waals surface area contributed by atoms with Crippen molar-refractivity contribution in [2.75, 3.05) is 6.54 Å². The van der Waals surface area contributed by atoms with E-state index in [0.717, 1.165) is 16.7 Å². The van der Waals surface area contributed by atoms with Crippen LogP contribution >= 0.6 is 0 Å². The highest BCUT2D eigenvalue weighted by Crippen LogP contribution is 2.32. The molecule has 1 amide bonds. The van der Waals surface area contributed by atoms with E-state index < -0.39 is 0 Å². The van der Waals surface area contributed by atoms with Crippen LogP contribution in [0.2, 0.25) is 0 Å². The molecule has 1 unspecified atom stereocenters. The second-order valence-corrected chi connectivity index (χ2v) is 4.90. The van der Waals surface area contributed by atoms with Gasteiger partial charge in [-0.05, 0) is 49.8 Å². The van der Waals surface area contributed by atoms with Crippen LogP contribution in [0.15, 0.2) is 18.2 Å². The molecule has 0 heterocycles. The lowest BCUT2D eigenvalue weighted by atomic mass is 10.0. The Kier molecular flexibility index (Phi) is 3.48. The summed E-state index contributed by atoms with van der Waals surface area (Å²) in [5, 5.41) is 3.05. The Bertz CT molecular complexity index is 424. The van der Waals surface area contributed by atoms with Crippen LogP contribution in [0.4, 0.5) is 0 Å². The Balaban J connectivity index is 2.11. The summed E-state index contributed by atoms with van der Waals surface area (Å²) in [6, 6.07) is 5.96. The smallest absolute Gasteiger partial charge is 0.251 e. The van der Waals surface area contributed by atoms with Gasteiger partial charge >= 0.3 is 0 Å². The van der Waals surface area contributed by atoms with Gasteiger partial charge in [0.1, 0.15) is 0 Å². The third kappa shape index (κ3) is 2.67. The van der Waals surface area contributed by atoms with Gasteiger partial charge in [-0.15, -0.1) is 0 Å². The maximum absolute atomic E-state index is 12.2. The summed E-state index contributed by atoms with van der Waals surface area (Å²) in [5.41, 5.74) is 8.66. The molecular formula is C14H20N2O. The summed E-state index contributed by atoms with van der Waals surface area (Å²) >= 11 is 0. The summed E-state index contributed by atoms with van der Waals surface area (Å²) < 4.78 is 0. The van der Waals surface area contributed by atoms with Crippen molar-refractivity contribution in [1.29, 1.82) is 0 Å². The Hall–Kier alpha value is -1.35. The van der Waals surface area contributed by atoms with Crippen molar-refractivity contribution < 1.29 is 4.79 Å². The number of hydrogen-bond donors (Lipinski definition) is 2. The van der Waals surface area contributed by atoms with Crippen LogP contribution in [0.5, 0.6) is 0 Å². The van der Waals surface area contributed by atoms with Crippen LogP contribution in [-0.4, -0.2) is 18.5 Å². The van der Waals surface area contributed by atoms with Crippen LogP contribution in [0.25, 0.3) is 0 Å². The number of rotatable bonds is 4. The monoisotopic (exact) mass is 232 g/mol. The summed E-state index contributed by atoms with van der Waals surface area (Å²) in [4.78, 5) is 12.2. The quantitative estimate of drug-likeness (QED) is 0.831. The average molecular weight is 232 g/mol. The van der Waals surface area contributed by atoms with Crippen molar-refractivity contribution in [2.24, 2.45) is 11.7 Å². The van der Waals surface area contributed by atoms with Crippen LogP contribution in [-0.2, 0) is 0 Å². The fraction of sp³-hybridized carbons (Fsp3) is 0.500. The zero-order valence-electron chi connectivity index (χ0n) is 10.5. The lowest BCUT2D eigenvalue weighted by Gasteiger charge is -2.17. The molecule has 1 aliphatic carbocycles. The van der Waals surface area contributed by atoms with E-state index >= 15 is 0 Å². The van der Waals surface area contributed by atoms with E-state index in [2.05, 4.69) is 5.32 Å². The summed E-state index contributed by atoms with van der Waals surface area (Å²) in [5.74, 6) is 0.600. The molecule has 0 radical (unpaired) electrons. The molecule has 3 N–H and O–H groups in total. The molecule has 0 bridgehead atoms.